The van der Waals surface area contributed by atoms with Crippen LogP contribution in [-0.4, -0.2) is 31.0 Å². The molecule has 1 saturated carbocycles. The van der Waals surface area contributed by atoms with Gasteiger partial charge in [-0.2, -0.15) is 0 Å². The van der Waals surface area contributed by atoms with Crippen LogP contribution in [0.25, 0.3) is 0 Å². The molecule has 0 aromatic heterocycles. The van der Waals surface area contributed by atoms with Crippen LogP contribution in [0.15, 0.2) is 18.2 Å². The number of hydrogen-bond donors (Lipinski definition) is 1. The number of nitrogens with zero attached hydrogens (tertiary/aromatic N) is 1. The Balaban J connectivity index is 2.25. The topological polar surface area (TPSA) is 55.6 Å². The first kappa shape index (κ1) is 14.7. The maximum atomic E-state index is 12.2. The molecule has 20 heavy (non-hydrogen) atoms. The number of carbonyl (C=O) groups is 1. The lowest BCUT2D eigenvalue weighted by molar-refractivity contribution is 0.0795. The second-order valence-corrected chi connectivity index (χ2v) is 5.87. The lowest BCUT2D eigenvalue weighted by Crippen LogP contribution is -2.30. The number of amides is 1. The molecule has 0 bridgehead atoms. The van der Waals surface area contributed by atoms with E-state index in [4.69, 9.17) is 10.5 Å². The monoisotopic (exact) mass is 276 g/mol. The minimum Gasteiger partial charge on any atom is -0.489 e. The van der Waals surface area contributed by atoms with Gasteiger partial charge in [0.1, 0.15) is 11.9 Å². The number of benzene rings is 1. The van der Waals surface area contributed by atoms with Crippen LogP contribution in [0.1, 0.15) is 43.0 Å². The smallest absolute Gasteiger partial charge is 0.257 e. The predicted octanol–water partition coefficient (Wildman–Crippen LogP) is 2.93. The molecule has 0 spiro atoms. The van der Waals surface area contributed by atoms with Crippen molar-refractivity contribution >= 4 is 11.6 Å². The fourth-order valence-corrected chi connectivity index (χ4v) is 2.67. The Morgan fingerprint density at radius 3 is 2.65 bits per heavy atom. The molecule has 2 atom stereocenters. The molecule has 110 valence electrons. The summed E-state index contributed by atoms with van der Waals surface area (Å²) >= 11 is 0. The van der Waals surface area contributed by atoms with E-state index >= 15 is 0 Å². The predicted molar refractivity (Wildman–Crippen MR) is 80.9 cm³/mol. The van der Waals surface area contributed by atoms with E-state index in [0.29, 0.717) is 22.9 Å². The number of ether oxygens (including phenoxy) is 1. The van der Waals surface area contributed by atoms with Crippen molar-refractivity contribution in [3.63, 3.8) is 0 Å². The van der Waals surface area contributed by atoms with E-state index in [1.165, 1.54) is 19.3 Å². The highest BCUT2D eigenvalue weighted by Gasteiger charge is 2.25. The number of nitrogen functional groups attached to an aromatic ring is 1. The summed E-state index contributed by atoms with van der Waals surface area (Å²) in [5, 5.41) is 0. The highest BCUT2D eigenvalue weighted by atomic mass is 16.5. The number of nitrogens with two attached hydrogens (primary N) is 1. The van der Waals surface area contributed by atoms with E-state index in [1.807, 2.05) is 0 Å². The molecule has 4 heteroatoms. The van der Waals surface area contributed by atoms with Crippen molar-refractivity contribution < 1.29 is 9.53 Å². The fourth-order valence-electron chi connectivity index (χ4n) is 2.67. The van der Waals surface area contributed by atoms with E-state index < -0.39 is 0 Å². The molecule has 2 N–H and O–H groups in total. The lowest BCUT2D eigenvalue weighted by Gasteiger charge is -2.30. The van der Waals surface area contributed by atoms with Gasteiger partial charge in [-0.15, -0.1) is 0 Å². The molecule has 2 rings (SSSR count). The Kier molecular flexibility index (Phi) is 4.53. The summed E-state index contributed by atoms with van der Waals surface area (Å²) in [6, 6.07) is 5.26. The summed E-state index contributed by atoms with van der Waals surface area (Å²) in [5.41, 5.74) is 7.05. The van der Waals surface area contributed by atoms with Gasteiger partial charge in [0.05, 0.1) is 5.56 Å². The van der Waals surface area contributed by atoms with Gasteiger partial charge in [-0.3, -0.25) is 4.79 Å². The average Bonchev–Trinajstić information content (AvgIpc) is 2.41. The first-order valence-corrected chi connectivity index (χ1v) is 7.27. The zero-order valence-electron chi connectivity index (χ0n) is 12.6. The van der Waals surface area contributed by atoms with Crippen molar-refractivity contribution in [1.82, 2.24) is 4.90 Å². The molecular formula is C16H24N2O2. The second-order valence-electron chi connectivity index (χ2n) is 5.87. The summed E-state index contributed by atoms with van der Waals surface area (Å²) in [4.78, 5) is 13.8. The van der Waals surface area contributed by atoms with E-state index in [-0.39, 0.29) is 12.0 Å². The van der Waals surface area contributed by atoms with E-state index in [1.54, 1.807) is 37.2 Å². The Morgan fingerprint density at radius 2 is 2.00 bits per heavy atom. The van der Waals surface area contributed by atoms with Gasteiger partial charge in [0, 0.05) is 25.8 Å². The Labute approximate surface area is 120 Å². The van der Waals surface area contributed by atoms with Crippen molar-refractivity contribution in [2.75, 3.05) is 19.8 Å². The lowest BCUT2D eigenvalue weighted by atomic mass is 9.88. The highest BCUT2D eigenvalue weighted by molar-refractivity contribution is 5.97. The molecule has 1 aromatic carbocycles. The van der Waals surface area contributed by atoms with Crippen LogP contribution in [0.5, 0.6) is 5.75 Å². The van der Waals surface area contributed by atoms with Crippen LogP contribution in [0.4, 0.5) is 5.69 Å². The Morgan fingerprint density at radius 1 is 1.30 bits per heavy atom. The van der Waals surface area contributed by atoms with Gasteiger partial charge < -0.3 is 15.4 Å². The normalized spacial score (nSPS) is 22.4. The SMILES string of the molecule is CC1CCCCC1Oc1cc(N)ccc1C(=O)N(C)C. The second kappa shape index (κ2) is 6.16. The summed E-state index contributed by atoms with van der Waals surface area (Å²) < 4.78 is 6.12. The van der Waals surface area contributed by atoms with Gasteiger partial charge in [-0.25, -0.2) is 0 Å². The quantitative estimate of drug-likeness (QED) is 0.864. The molecule has 0 radical (unpaired) electrons. The molecule has 1 fully saturated rings. The summed E-state index contributed by atoms with van der Waals surface area (Å²) in [7, 11) is 3.48. The number of hydrogen-bond acceptors (Lipinski definition) is 3. The van der Waals surface area contributed by atoms with Crippen molar-refractivity contribution in [1.29, 1.82) is 0 Å². The third-order valence-corrected chi connectivity index (χ3v) is 3.95. The molecule has 1 aromatic rings. The first-order chi connectivity index (χ1) is 9.49. The maximum Gasteiger partial charge on any atom is 0.257 e. The molecule has 1 aliphatic rings. The molecular weight excluding hydrogens is 252 g/mol. The molecule has 0 heterocycles. The third kappa shape index (κ3) is 3.24. The minimum atomic E-state index is -0.0523. The molecule has 2 unspecified atom stereocenters. The van der Waals surface area contributed by atoms with E-state index in [2.05, 4.69) is 6.92 Å². The van der Waals surface area contributed by atoms with Gasteiger partial charge in [-0.05, 0) is 37.3 Å². The Hall–Kier alpha value is -1.71. The third-order valence-electron chi connectivity index (χ3n) is 3.95. The summed E-state index contributed by atoms with van der Waals surface area (Å²) in [6.45, 7) is 2.21. The van der Waals surface area contributed by atoms with Crippen molar-refractivity contribution in [2.45, 2.75) is 38.7 Å². The number of anilines is 1. The largest absolute Gasteiger partial charge is 0.489 e. The van der Waals surface area contributed by atoms with Gasteiger partial charge in [0.2, 0.25) is 0 Å². The standard InChI is InChI=1S/C16H24N2O2/c1-11-6-4-5-7-14(11)20-15-10-12(17)8-9-13(15)16(19)18(2)3/h8-11,14H,4-7,17H2,1-3H3. The van der Waals surface area contributed by atoms with Crippen LogP contribution in [0.2, 0.25) is 0 Å². The van der Waals surface area contributed by atoms with Gasteiger partial charge >= 0.3 is 0 Å². The molecule has 4 nitrogen and oxygen atoms in total. The minimum absolute atomic E-state index is 0.0523. The summed E-state index contributed by atoms with van der Waals surface area (Å²) in [5.74, 6) is 1.08. The molecule has 1 amide bonds. The summed E-state index contributed by atoms with van der Waals surface area (Å²) in [6.07, 6.45) is 4.87. The van der Waals surface area contributed by atoms with Gasteiger partial charge in [0.15, 0.2) is 0 Å². The van der Waals surface area contributed by atoms with E-state index in [0.717, 1.165) is 6.42 Å². The molecule has 0 aliphatic heterocycles. The molecule has 1 aliphatic carbocycles. The Bertz CT molecular complexity index is 485. The number of carbonyl (C=O) groups excluding carboxylic acids is 1. The van der Waals surface area contributed by atoms with Crippen LogP contribution < -0.4 is 10.5 Å². The number of rotatable bonds is 3. The van der Waals surface area contributed by atoms with Crippen LogP contribution in [-0.2, 0) is 0 Å². The van der Waals surface area contributed by atoms with Crippen LogP contribution >= 0.6 is 0 Å². The average molecular weight is 276 g/mol. The maximum absolute atomic E-state index is 12.2. The van der Waals surface area contributed by atoms with E-state index in [9.17, 15) is 4.79 Å². The zero-order chi connectivity index (χ0) is 14.7. The van der Waals surface area contributed by atoms with Crippen LogP contribution in [0.3, 0.4) is 0 Å². The fraction of sp³-hybridized carbons (Fsp3) is 0.562. The first-order valence-electron chi connectivity index (χ1n) is 7.27. The highest BCUT2D eigenvalue weighted by Crippen LogP contribution is 2.31. The van der Waals surface area contributed by atoms with Crippen molar-refractivity contribution in [3.8, 4) is 5.75 Å². The van der Waals surface area contributed by atoms with Crippen molar-refractivity contribution in [2.24, 2.45) is 5.92 Å². The van der Waals surface area contributed by atoms with Gasteiger partial charge in [-0.1, -0.05) is 13.3 Å². The zero-order valence-corrected chi connectivity index (χ0v) is 12.6. The van der Waals surface area contributed by atoms with Crippen molar-refractivity contribution in [3.05, 3.63) is 23.8 Å². The van der Waals surface area contributed by atoms with Gasteiger partial charge in [0.25, 0.3) is 5.91 Å². The van der Waals surface area contributed by atoms with Crippen LogP contribution in [0, 0.1) is 5.92 Å². The molecule has 0 saturated heterocycles.